The van der Waals surface area contributed by atoms with Gasteiger partial charge >= 0.3 is 18.1 Å². The van der Waals surface area contributed by atoms with E-state index in [4.69, 9.17) is 0 Å². The van der Waals surface area contributed by atoms with E-state index in [0.717, 1.165) is 0 Å². The molecule has 1 heterocycles. The Kier molecular flexibility index (Phi) is 1.08. The zero-order valence-electron chi connectivity index (χ0n) is 4.18. The molecule has 0 bridgehead atoms. The van der Waals surface area contributed by atoms with E-state index in [1.807, 2.05) is 0 Å². The molecule has 60 valence electrons. The lowest BCUT2D eigenvalue weighted by Crippen LogP contribution is -2.32. The molecule has 1 fully saturated rings. The second kappa shape index (κ2) is 1.41. The second-order valence-corrected chi connectivity index (χ2v) is 1.71. The first kappa shape index (κ1) is 7.64. The van der Waals surface area contributed by atoms with Gasteiger partial charge in [-0.2, -0.15) is 26.3 Å². The molecule has 1 atom stereocenters. The van der Waals surface area contributed by atoms with Gasteiger partial charge in [-0.3, -0.25) is 4.74 Å². The fraction of sp³-hybridized carbons (Fsp3) is 1.00. The number of epoxide rings is 1. The summed E-state index contributed by atoms with van der Waals surface area (Å²) in [5.74, 6) is -4.75. The van der Waals surface area contributed by atoms with Crippen LogP contribution in [0.15, 0.2) is 0 Å². The maximum Gasteiger partial charge on any atom is 0.458 e. The van der Waals surface area contributed by atoms with Crippen LogP contribution in [0.1, 0.15) is 0 Å². The molecule has 7 heteroatoms. The van der Waals surface area contributed by atoms with Gasteiger partial charge in [0.25, 0.3) is 0 Å². The summed E-state index contributed by atoms with van der Waals surface area (Å²) >= 11 is 0. The fourth-order valence-electron chi connectivity index (χ4n) is 0.374. The Bertz CT molecular complexity index is 161. The number of alkyl halides is 6. The molecule has 1 aliphatic rings. The lowest BCUT2D eigenvalue weighted by molar-refractivity contribution is -0.231. The minimum absolute atomic E-state index is 2.53. The molecule has 0 aromatic heterocycles. The van der Waals surface area contributed by atoms with Gasteiger partial charge in [-0.25, -0.2) is 0 Å². The molecular weight excluding hydrogens is 166 g/mol. The van der Waals surface area contributed by atoms with Gasteiger partial charge in [0, 0.05) is 0 Å². The van der Waals surface area contributed by atoms with Gasteiger partial charge in [0.15, 0.2) is 0 Å². The second-order valence-electron chi connectivity index (χ2n) is 1.71. The van der Waals surface area contributed by atoms with E-state index in [1.54, 1.807) is 0 Å². The zero-order valence-corrected chi connectivity index (χ0v) is 4.18. The number of hydrogen-bond donors (Lipinski definition) is 0. The quantitative estimate of drug-likeness (QED) is 0.395. The van der Waals surface area contributed by atoms with Crippen molar-refractivity contribution < 1.29 is 31.1 Å². The number of rotatable bonds is 0. The standard InChI is InChI=1S/C3F6O/c4-1(2(5,6)7)3(8,9)10-1. The van der Waals surface area contributed by atoms with Gasteiger partial charge in [0.05, 0.1) is 0 Å². The smallest absolute Gasteiger partial charge is 0.263 e. The van der Waals surface area contributed by atoms with Crippen molar-refractivity contribution in [1.82, 2.24) is 0 Å². The van der Waals surface area contributed by atoms with Crippen LogP contribution in [0.25, 0.3) is 0 Å². The van der Waals surface area contributed by atoms with Gasteiger partial charge in [-0.15, -0.1) is 0 Å². The lowest BCUT2D eigenvalue weighted by Gasteiger charge is -2.04. The van der Waals surface area contributed by atoms with Crippen LogP contribution in [0, 0.1) is 0 Å². The highest BCUT2D eigenvalue weighted by molar-refractivity contribution is 4.99. The summed E-state index contributed by atoms with van der Waals surface area (Å²) in [4.78, 5) is 0. The normalized spacial score (nSPS) is 37.8. The van der Waals surface area contributed by atoms with Crippen molar-refractivity contribution in [3.63, 3.8) is 0 Å². The average Bonchev–Trinajstić information content (AvgIpc) is 2.05. The van der Waals surface area contributed by atoms with Crippen molar-refractivity contribution in [2.24, 2.45) is 0 Å². The Morgan fingerprint density at radius 1 is 1.00 bits per heavy atom. The van der Waals surface area contributed by atoms with Crippen molar-refractivity contribution in [3.05, 3.63) is 0 Å². The summed E-state index contributed by atoms with van der Waals surface area (Å²) in [6.07, 6.45) is -10.4. The van der Waals surface area contributed by atoms with E-state index in [1.165, 1.54) is 0 Å². The summed E-state index contributed by atoms with van der Waals surface area (Å²) < 4.78 is 70.4. The Morgan fingerprint density at radius 3 is 1.30 bits per heavy atom. The minimum atomic E-state index is -5.66. The summed E-state index contributed by atoms with van der Waals surface area (Å²) in [5.41, 5.74) is 0. The van der Waals surface area contributed by atoms with Crippen molar-refractivity contribution in [2.45, 2.75) is 18.1 Å². The number of halogens is 6. The predicted octanol–water partition coefficient (Wildman–Crippen LogP) is 1.84. The molecule has 0 N–H and O–H groups in total. The van der Waals surface area contributed by atoms with E-state index in [-0.39, 0.29) is 0 Å². The number of ether oxygens (including phenoxy) is 1. The lowest BCUT2D eigenvalue weighted by atomic mass is 10.4. The molecular formula is C3F6O. The zero-order chi connectivity index (χ0) is 8.21. The van der Waals surface area contributed by atoms with E-state index in [0.29, 0.717) is 0 Å². The molecule has 1 saturated heterocycles. The van der Waals surface area contributed by atoms with Crippen LogP contribution in [0.2, 0.25) is 0 Å². The van der Waals surface area contributed by atoms with Gasteiger partial charge in [0.2, 0.25) is 0 Å². The molecule has 0 aromatic rings. The van der Waals surface area contributed by atoms with Crippen LogP contribution in [0.5, 0.6) is 0 Å². The van der Waals surface area contributed by atoms with Gasteiger partial charge in [-0.1, -0.05) is 0 Å². The van der Waals surface area contributed by atoms with Crippen LogP contribution in [0.4, 0.5) is 26.3 Å². The maximum absolute atomic E-state index is 11.7. The SMILES string of the molecule is FC(F)(F)C1(F)OC1(F)F. The van der Waals surface area contributed by atoms with E-state index in [9.17, 15) is 26.3 Å². The molecule has 1 unspecified atom stereocenters. The Hall–Kier alpha value is -0.460. The molecule has 0 amide bonds. The molecule has 0 spiro atoms. The van der Waals surface area contributed by atoms with Gasteiger partial charge in [0.1, 0.15) is 0 Å². The maximum atomic E-state index is 11.7. The third kappa shape index (κ3) is 0.695. The fourth-order valence-corrected chi connectivity index (χ4v) is 0.374. The highest BCUT2D eigenvalue weighted by Crippen LogP contribution is 2.60. The molecule has 1 aliphatic heterocycles. The molecule has 0 saturated carbocycles. The highest BCUT2D eigenvalue weighted by Gasteiger charge is 2.90. The van der Waals surface area contributed by atoms with Crippen LogP contribution in [-0.4, -0.2) is 18.1 Å². The summed E-state index contributed by atoms with van der Waals surface area (Å²) in [6.45, 7) is 0. The van der Waals surface area contributed by atoms with E-state index >= 15 is 0 Å². The van der Waals surface area contributed by atoms with Crippen LogP contribution in [0.3, 0.4) is 0 Å². The topological polar surface area (TPSA) is 12.5 Å². The Balaban J connectivity index is 2.78. The molecule has 0 aromatic carbocycles. The van der Waals surface area contributed by atoms with Gasteiger partial charge < -0.3 is 0 Å². The molecule has 10 heavy (non-hydrogen) atoms. The first-order valence-corrected chi connectivity index (χ1v) is 2.04. The molecule has 0 radical (unpaired) electrons. The largest absolute Gasteiger partial charge is 0.458 e. The van der Waals surface area contributed by atoms with E-state index < -0.39 is 18.1 Å². The van der Waals surface area contributed by atoms with Crippen LogP contribution < -0.4 is 0 Å². The predicted molar refractivity (Wildman–Crippen MR) is 15.9 cm³/mol. The van der Waals surface area contributed by atoms with Crippen LogP contribution >= 0.6 is 0 Å². The highest BCUT2D eigenvalue weighted by atomic mass is 19.4. The monoisotopic (exact) mass is 166 g/mol. The number of hydrogen-bond acceptors (Lipinski definition) is 1. The van der Waals surface area contributed by atoms with Crippen molar-refractivity contribution >= 4 is 0 Å². The summed E-state index contributed by atoms with van der Waals surface area (Å²) in [6, 6.07) is 0. The summed E-state index contributed by atoms with van der Waals surface area (Å²) in [7, 11) is 0. The van der Waals surface area contributed by atoms with E-state index in [2.05, 4.69) is 4.74 Å². The third-order valence-electron chi connectivity index (χ3n) is 0.966. The van der Waals surface area contributed by atoms with Gasteiger partial charge in [-0.05, 0) is 0 Å². The molecule has 0 aliphatic carbocycles. The molecule has 1 rings (SSSR count). The van der Waals surface area contributed by atoms with Crippen LogP contribution in [-0.2, 0) is 4.74 Å². The first-order valence-electron chi connectivity index (χ1n) is 2.04. The third-order valence-corrected chi connectivity index (χ3v) is 0.966. The van der Waals surface area contributed by atoms with Crippen molar-refractivity contribution in [2.75, 3.05) is 0 Å². The summed E-state index contributed by atoms with van der Waals surface area (Å²) in [5, 5.41) is 0. The Morgan fingerprint density at radius 2 is 1.30 bits per heavy atom. The molecule has 1 nitrogen and oxygen atoms in total. The van der Waals surface area contributed by atoms with Crippen molar-refractivity contribution in [3.8, 4) is 0 Å². The minimum Gasteiger partial charge on any atom is -0.263 e. The average molecular weight is 166 g/mol. The Labute approximate surface area is 50.6 Å². The van der Waals surface area contributed by atoms with Crippen molar-refractivity contribution in [1.29, 1.82) is 0 Å². The first-order chi connectivity index (χ1) is 4.21.